The van der Waals surface area contributed by atoms with Crippen LogP contribution in [0.1, 0.15) is 11.1 Å². The Bertz CT molecular complexity index is 784. The number of benzene rings is 2. The second kappa shape index (κ2) is 6.07. The van der Waals surface area contributed by atoms with Crippen LogP contribution in [0, 0.1) is 6.92 Å². The lowest BCUT2D eigenvalue weighted by Gasteiger charge is -2.09. The van der Waals surface area contributed by atoms with E-state index in [4.69, 9.17) is 26.5 Å². The highest BCUT2D eigenvalue weighted by Crippen LogP contribution is 2.30. The molecule has 0 aliphatic carbocycles. The largest absolute Gasteiger partial charge is 0.487 e. The van der Waals surface area contributed by atoms with Crippen LogP contribution in [0.25, 0.3) is 11.5 Å². The molecule has 0 amide bonds. The summed E-state index contributed by atoms with van der Waals surface area (Å²) in [5, 5.41) is 7.91. The molecule has 0 aliphatic rings. The van der Waals surface area contributed by atoms with E-state index in [0.29, 0.717) is 28.8 Å². The average Bonchev–Trinajstić information content (AvgIpc) is 2.94. The summed E-state index contributed by atoms with van der Waals surface area (Å²) < 4.78 is 10.9. The summed E-state index contributed by atoms with van der Waals surface area (Å²) in [5.41, 5.74) is 8.39. The summed E-state index contributed by atoms with van der Waals surface area (Å²) in [6.45, 7) is 2.50. The number of hydrogen-bond acceptors (Lipinski definition) is 5. The number of nitrogens with zero attached hydrogens (tertiary/aromatic N) is 2. The molecule has 0 spiro atoms. The first-order chi connectivity index (χ1) is 10.6. The molecule has 112 valence electrons. The van der Waals surface area contributed by atoms with Gasteiger partial charge in [0, 0.05) is 5.56 Å². The van der Waals surface area contributed by atoms with Crippen LogP contribution in [0.3, 0.4) is 0 Å². The van der Waals surface area contributed by atoms with Crippen LogP contribution < -0.4 is 10.5 Å². The van der Waals surface area contributed by atoms with Crippen LogP contribution in [-0.4, -0.2) is 10.2 Å². The molecule has 0 aliphatic heterocycles. The molecule has 2 N–H and O–H groups in total. The Labute approximate surface area is 132 Å². The van der Waals surface area contributed by atoms with Crippen LogP contribution in [0.2, 0.25) is 5.02 Å². The zero-order valence-electron chi connectivity index (χ0n) is 11.9. The van der Waals surface area contributed by atoms with E-state index >= 15 is 0 Å². The molecule has 0 bridgehead atoms. The second-order valence-corrected chi connectivity index (χ2v) is 5.27. The molecular formula is C16H14ClN3O2. The highest BCUT2D eigenvalue weighted by Gasteiger charge is 2.10. The van der Waals surface area contributed by atoms with Crippen LogP contribution >= 0.6 is 11.6 Å². The van der Waals surface area contributed by atoms with E-state index in [-0.39, 0.29) is 6.01 Å². The lowest BCUT2D eigenvalue weighted by atomic mass is 10.2. The molecule has 1 heterocycles. The van der Waals surface area contributed by atoms with E-state index in [1.807, 2.05) is 31.2 Å². The summed E-state index contributed by atoms with van der Waals surface area (Å²) in [6.07, 6.45) is 0. The Hall–Kier alpha value is -2.53. The molecule has 0 radical (unpaired) electrons. The van der Waals surface area contributed by atoms with Crippen LogP contribution in [0.4, 0.5) is 6.01 Å². The summed E-state index contributed by atoms with van der Waals surface area (Å²) >= 11 is 6.23. The molecule has 22 heavy (non-hydrogen) atoms. The first-order valence-electron chi connectivity index (χ1n) is 6.69. The number of nitrogen functional groups attached to an aromatic ring is 1. The lowest BCUT2D eigenvalue weighted by molar-refractivity contribution is 0.306. The van der Waals surface area contributed by atoms with Gasteiger partial charge in [-0.1, -0.05) is 46.5 Å². The second-order valence-electron chi connectivity index (χ2n) is 4.86. The van der Waals surface area contributed by atoms with Crippen LogP contribution in [0.5, 0.6) is 5.75 Å². The van der Waals surface area contributed by atoms with Crippen molar-refractivity contribution in [1.82, 2.24) is 10.2 Å². The van der Waals surface area contributed by atoms with E-state index in [2.05, 4.69) is 10.2 Å². The van der Waals surface area contributed by atoms with Crippen LogP contribution in [0.15, 0.2) is 46.9 Å². The Morgan fingerprint density at radius 1 is 1.14 bits per heavy atom. The van der Waals surface area contributed by atoms with Gasteiger partial charge in [0.05, 0.1) is 5.02 Å². The van der Waals surface area contributed by atoms with Crippen molar-refractivity contribution >= 4 is 17.6 Å². The van der Waals surface area contributed by atoms with Gasteiger partial charge in [-0.15, -0.1) is 5.10 Å². The number of anilines is 1. The number of hydrogen-bond donors (Lipinski definition) is 1. The van der Waals surface area contributed by atoms with Gasteiger partial charge in [-0.25, -0.2) is 0 Å². The number of halogens is 1. The Morgan fingerprint density at radius 2 is 1.91 bits per heavy atom. The van der Waals surface area contributed by atoms with Crippen LogP contribution in [-0.2, 0) is 6.61 Å². The molecule has 2 aromatic carbocycles. The van der Waals surface area contributed by atoms with E-state index < -0.39 is 0 Å². The molecule has 6 heteroatoms. The fourth-order valence-electron chi connectivity index (χ4n) is 1.95. The third-order valence-corrected chi connectivity index (χ3v) is 3.43. The topological polar surface area (TPSA) is 74.2 Å². The van der Waals surface area contributed by atoms with Crippen molar-refractivity contribution in [2.75, 3.05) is 5.73 Å². The van der Waals surface area contributed by atoms with Gasteiger partial charge in [0.2, 0.25) is 5.89 Å². The summed E-state index contributed by atoms with van der Waals surface area (Å²) in [6, 6.07) is 13.4. The zero-order chi connectivity index (χ0) is 15.5. The number of ether oxygens (including phenoxy) is 1. The van der Waals surface area contributed by atoms with Crippen molar-refractivity contribution in [3.63, 3.8) is 0 Å². The zero-order valence-corrected chi connectivity index (χ0v) is 12.7. The number of aromatic nitrogens is 2. The van der Waals surface area contributed by atoms with Gasteiger partial charge in [0.1, 0.15) is 12.4 Å². The summed E-state index contributed by atoms with van der Waals surface area (Å²) in [5.74, 6) is 0.919. The smallest absolute Gasteiger partial charge is 0.313 e. The van der Waals surface area contributed by atoms with Gasteiger partial charge in [0.25, 0.3) is 0 Å². The minimum absolute atomic E-state index is 0.0193. The maximum atomic E-state index is 6.23. The normalized spacial score (nSPS) is 10.6. The lowest BCUT2D eigenvalue weighted by Crippen LogP contribution is -1.96. The van der Waals surface area contributed by atoms with E-state index in [9.17, 15) is 0 Å². The maximum absolute atomic E-state index is 6.23. The number of aryl methyl sites for hydroxylation is 1. The number of nitrogens with two attached hydrogens (primary N) is 1. The van der Waals surface area contributed by atoms with Gasteiger partial charge in [-0.05, 0) is 30.7 Å². The van der Waals surface area contributed by atoms with Gasteiger partial charge in [0.15, 0.2) is 0 Å². The fourth-order valence-corrected chi connectivity index (χ4v) is 2.18. The highest BCUT2D eigenvalue weighted by molar-refractivity contribution is 6.32. The van der Waals surface area contributed by atoms with Gasteiger partial charge >= 0.3 is 6.01 Å². The third kappa shape index (κ3) is 3.20. The van der Waals surface area contributed by atoms with E-state index in [1.165, 1.54) is 5.56 Å². The van der Waals surface area contributed by atoms with Crippen molar-refractivity contribution in [1.29, 1.82) is 0 Å². The SMILES string of the molecule is Cc1ccc(COc2ccc(-c3nnc(N)o3)cc2Cl)cc1. The predicted molar refractivity (Wildman–Crippen MR) is 84.7 cm³/mol. The monoisotopic (exact) mass is 315 g/mol. The molecular weight excluding hydrogens is 302 g/mol. The van der Waals surface area contributed by atoms with E-state index in [0.717, 1.165) is 5.56 Å². The molecule has 0 saturated heterocycles. The highest BCUT2D eigenvalue weighted by atomic mass is 35.5. The van der Waals surface area contributed by atoms with Gasteiger partial charge in [-0.2, -0.15) is 0 Å². The van der Waals surface area contributed by atoms with Gasteiger partial charge in [-0.3, -0.25) is 0 Å². The summed E-state index contributed by atoms with van der Waals surface area (Å²) in [7, 11) is 0. The molecule has 0 saturated carbocycles. The van der Waals surface area contributed by atoms with Crippen molar-refractivity contribution in [3.8, 4) is 17.2 Å². The molecule has 0 unspecified atom stereocenters. The molecule has 5 nitrogen and oxygen atoms in total. The Morgan fingerprint density at radius 3 is 2.55 bits per heavy atom. The maximum Gasteiger partial charge on any atom is 0.313 e. The Kier molecular flexibility index (Phi) is 3.98. The van der Waals surface area contributed by atoms with E-state index in [1.54, 1.807) is 18.2 Å². The van der Waals surface area contributed by atoms with Crippen molar-refractivity contribution in [2.24, 2.45) is 0 Å². The van der Waals surface area contributed by atoms with Gasteiger partial charge < -0.3 is 14.9 Å². The first kappa shape index (κ1) is 14.4. The molecule has 0 atom stereocenters. The summed E-state index contributed by atoms with van der Waals surface area (Å²) in [4.78, 5) is 0. The quantitative estimate of drug-likeness (QED) is 0.791. The minimum atomic E-state index is 0.0193. The van der Waals surface area contributed by atoms with Crippen molar-refractivity contribution in [3.05, 3.63) is 58.6 Å². The van der Waals surface area contributed by atoms with Crippen molar-refractivity contribution in [2.45, 2.75) is 13.5 Å². The standard InChI is InChI=1S/C16H14ClN3O2/c1-10-2-4-11(5-3-10)9-21-14-7-6-12(8-13(14)17)15-19-20-16(18)22-15/h2-8H,9H2,1H3,(H2,18,20). The minimum Gasteiger partial charge on any atom is -0.487 e. The third-order valence-electron chi connectivity index (χ3n) is 3.13. The molecule has 1 aromatic heterocycles. The van der Waals surface area contributed by atoms with Crippen molar-refractivity contribution < 1.29 is 9.15 Å². The number of rotatable bonds is 4. The Balaban J connectivity index is 1.73. The predicted octanol–water partition coefficient (Wildman–Crippen LogP) is 3.86. The molecule has 0 fully saturated rings. The fraction of sp³-hybridized carbons (Fsp3) is 0.125. The average molecular weight is 316 g/mol. The molecule has 3 aromatic rings. The molecule has 3 rings (SSSR count). The first-order valence-corrected chi connectivity index (χ1v) is 7.07.